The maximum absolute atomic E-state index is 13.1. The van der Waals surface area contributed by atoms with Crippen molar-refractivity contribution in [1.82, 2.24) is 10.2 Å². The van der Waals surface area contributed by atoms with Gasteiger partial charge in [-0.05, 0) is 55.2 Å². The van der Waals surface area contributed by atoms with Crippen LogP contribution in [0.25, 0.3) is 0 Å². The summed E-state index contributed by atoms with van der Waals surface area (Å²) in [5, 5.41) is 7.11. The standard InChI is InChI=1S/C28H30F6N4O4/c1-5-10-38-16(4)22(24(39)42-14-15(2)3)23(37-26(38)41)17-6-8-20(9-7-17)35-25(40)36-21-12-18(27(29,30)31)11-19(13-21)28(32,33)34/h6-9,11-13,15,23H,5,10,14H2,1-4H3,(H,37,41)(H2,35,36,40). The molecule has 3 rings (SSSR count). The summed E-state index contributed by atoms with van der Waals surface area (Å²) in [6, 6.07) is 4.16. The molecule has 1 aliphatic heterocycles. The monoisotopic (exact) mass is 600 g/mol. The van der Waals surface area contributed by atoms with Crippen molar-refractivity contribution in [2.24, 2.45) is 5.92 Å². The van der Waals surface area contributed by atoms with Gasteiger partial charge in [-0.15, -0.1) is 0 Å². The Morgan fingerprint density at radius 1 is 0.952 bits per heavy atom. The van der Waals surface area contributed by atoms with Crippen LogP contribution in [0, 0.1) is 5.92 Å². The number of allylic oxidation sites excluding steroid dienone is 1. The van der Waals surface area contributed by atoms with Crippen LogP contribution in [0.15, 0.2) is 53.7 Å². The van der Waals surface area contributed by atoms with Crippen molar-refractivity contribution >= 4 is 29.4 Å². The van der Waals surface area contributed by atoms with E-state index in [1.807, 2.05) is 26.1 Å². The molecule has 0 saturated heterocycles. The smallest absolute Gasteiger partial charge is 0.416 e. The van der Waals surface area contributed by atoms with E-state index in [4.69, 9.17) is 4.74 Å². The number of ether oxygens (including phenoxy) is 1. The van der Waals surface area contributed by atoms with Crippen LogP contribution in [0.1, 0.15) is 56.8 Å². The normalized spacial score (nSPS) is 15.9. The molecule has 42 heavy (non-hydrogen) atoms. The zero-order chi connectivity index (χ0) is 31.4. The number of alkyl halides is 6. The lowest BCUT2D eigenvalue weighted by Crippen LogP contribution is -2.48. The molecule has 1 heterocycles. The average Bonchev–Trinajstić information content (AvgIpc) is 2.88. The Morgan fingerprint density at radius 2 is 1.50 bits per heavy atom. The SMILES string of the molecule is CCCN1C(=O)NC(c2ccc(NC(=O)Nc3cc(C(F)(F)F)cc(C(F)(F)F)c3)cc2)C(C(=O)OCC(C)C)=C1C. The number of hydrogen-bond donors (Lipinski definition) is 3. The molecule has 0 aliphatic carbocycles. The molecule has 228 valence electrons. The van der Waals surface area contributed by atoms with Crippen LogP contribution < -0.4 is 16.0 Å². The molecule has 0 spiro atoms. The van der Waals surface area contributed by atoms with Gasteiger partial charge in [-0.25, -0.2) is 14.4 Å². The second-order valence-electron chi connectivity index (χ2n) is 10.0. The predicted molar refractivity (Wildman–Crippen MR) is 142 cm³/mol. The Morgan fingerprint density at radius 3 is 2.00 bits per heavy atom. The second kappa shape index (κ2) is 12.7. The molecular weight excluding hydrogens is 570 g/mol. The lowest BCUT2D eigenvalue weighted by Gasteiger charge is -2.35. The third kappa shape index (κ3) is 7.95. The number of nitrogens with one attached hydrogen (secondary N) is 3. The van der Waals surface area contributed by atoms with Crippen molar-refractivity contribution in [2.75, 3.05) is 23.8 Å². The van der Waals surface area contributed by atoms with Gasteiger partial charge in [0, 0.05) is 23.6 Å². The number of carbonyl (C=O) groups excluding carboxylic acids is 3. The average molecular weight is 601 g/mol. The molecule has 0 fully saturated rings. The van der Waals surface area contributed by atoms with Crippen molar-refractivity contribution in [3.63, 3.8) is 0 Å². The number of benzene rings is 2. The number of halogens is 6. The van der Waals surface area contributed by atoms with E-state index in [0.29, 0.717) is 36.4 Å². The topological polar surface area (TPSA) is 99.8 Å². The number of hydrogen-bond acceptors (Lipinski definition) is 4. The fourth-order valence-corrected chi connectivity index (χ4v) is 4.19. The van der Waals surface area contributed by atoms with Gasteiger partial charge >= 0.3 is 30.4 Å². The van der Waals surface area contributed by atoms with Crippen LogP contribution in [0.2, 0.25) is 0 Å². The van der Waals surface area contributed by atoms with Crippen LogP contribution in [0.4, 0.5) is 47.3 Å². The van der Waals surface area contributed by atoms with Crippen molar-refractivity contribution < 1.29 is 45.5 Å². The second-order valence-corrected chi connectivity index (χ2v) is 10.0. The van der Waals surface area contributed by atoms with Gasteiger partial charge in [0.15, 0.2) is 0 Å². The van der Waals surface area contributed by atoms with E-state index >= 15 is 0 Å². The van der Waals surface area contributed by atoms with Gasteiger partial charge in [-0.3, -0.25) is 4.90 Å². The molecule has 3 N–H and O–H groups in total. The molecule has 2 aromatic carbocycles. The summed E-state index contributed by atoms with van der Waals surface area (Å²) in [4.78, 5) is 39.7. The third-order valence-electron chi connectivity index (χ3n) is 6.16. The lowest BCUT2D eigenvalue weighted by atomic mass is 9.94. The van der Waals surface area contributed by atoms with Gasteiger partial charge in [0.25, 0.3) is 0 Å². The van der Waals surface area contributed by atoms with Gasteiger partial charge in [0.05, 0.1) is 29.3 Å². The van der Waals surface area contributed by atoms with Crippen LogP contribution >= 0.6 is 0 Å². The largest absolute Gasteiger partial charge is 0.462 e. The third-order valence-corrected chi connectivity index (χ3v) is 6.16. The van der Waals surface area contributed by atoms with E-state index in [1.54, 1.807) is 6.92 Å². The van der Waals surface area contributed by atoms with Gasteiger partial charge in [0.2, 0.25) is 0 Å². The molecule has 0 radical (unpaired) electrons. The van der Waals surface area contributed by atoms with E-state index in [-0.39, 0.29) is 29.9 Å². The Hall–Kier alpha value is -4.23. The minimum atomic E-state index is -5.07. The highest BCUT2D eigenvalue weighted by molar-refractivity contribution is 6.00. The Balaban J connectivity index is 1.83. The number of urea groups is 2. The first-order chi connectivity index (χ1) is 19.5. The van der Waals surface area contributed by atoms with E-state index in [0.717, 1.165) is 0 Å². The Labute approximate surface area is 238 Å². The molecule has 0 saturated carbocycles. The maximum Gasteiger partial charge on any atom is 0.416 e. The number of nitrogens with zero attached hydrogens (tertiary/aromatic N) is 1. The molecule has 0 aromatic heterocycles. The van der Waals surface area contributed by atoms with E-state index < -0.39 is 53.2 Å². The summed E-state index contributed by atoms with van der Waals surface area (Å²) in [6.07, 6.45) is -9.50. The summed E-state index contributed by atoms with van der Waals surface area (Å²) < 4.78 is 84.2. The lowest BCUT2D eigenvalue weighted by molar-refractivity contribution is -0.143. The number of anilines is 2. The van der Waals surface area contributed by atoms with E-state index in [9.17, 15) is 40.7 Å². The number of carbonyl (C=O) groups is 3. The summed E-state index contributed by atoms with van der Waals surface area (Å²) in [7, 11) is 0. The zero-order valence-corrected chi connectivity index (χ0v) is 23.2. The van der Waals surface area contributed by atoms with Crippen molar-refractivity contribution in [2.45, 2.75) is 52.5 Å². The van der Waals surface area contributed by atoms with Crippen molar-refractivity contribution in [1.29, 1.82) is 0 Å². The molecule has 14 heteroatoms. The Kier molecular flexibility index (Phi) is 9.79. The van der Waals surface area contributed by atoms with Crippen LogP contribution in [-0.4, -0.2) is 36.1 Å². The fraction of sp³-hybridized carbons (Fsp3) is 0.393. The number of rotatable bonds is 8. The first kappa shape index (κ1) is 32.3. The summed E-state index contributed by atoms with van der Waals surface area (Å²) >= 11 is 0. The predicted octanol–water partition coefficient (Wildman–Crippen LogP) is 7.32. The van der Waals surface area contributed by atoms with Crippen LogP contribution in [0.5, 0.6) is 0 Å². The molecule has 8 nitrogen and oxygen atoms in total. The van der Waals surface area contributed by atoms with Gasteiger partial charge < -0.3 is 20.7 Å². The highest BCUT2D eigenvalue weighted by atomic mass is 19.4. The van der Waals surface area contributed by atoms with Gasteiger partial charge in [-0.1, -0.05) is 32.9 Å². The van der Waals surface area contributed by atoms with Crippen LogP contribution in [0.3, 0.4) is 0 Å². The zero-order valence-electron chi connectivity index (χ0n) is 23.2. The fourth-order valence-electron chi connectivity index (χ4n) is 4.19. The Bertz CT molecular complexity index is 1320. The number of amides is 4. The highest BCUT2D eigenvalue weighted by Crippen LogP contribution is 2.38. The maximum atomic E-state index is 13.1. The first-order valence-electron chi connectivity index (χ1n) is 12.9. The van der Waals surface area contributed by atoms with E-state index in [2.05, 4.69) is 10.6 Å². The molecule has 2 aromatic rings. The summed E-state index contributed by atoms with van der Waals surface area (Å²) in [5.41, 5.74) is -2.59. The highest BCUT2D eigenvalue weighted by Gasteiger charge is 2.38. The summed E-state index contributed by atoms with van der Waals surface area (Å²) in [5.74, 6) is -0.529. The van der Waals surface area contributed by atoms with Gasteiger partial charge in [-0.2, -0.15) is 26.3 Å². The van der Waals surface area contributed by atoms with Crippen LogP contribution in [-0.2, 0) is 21.9 Å². The molecule has 1 atom stereocenters. The van der Waals surface area contributed by atoms with E-state index in [1.165, 1.54) is 29.2 Å². The molecule has 1 unspecified atom stereocenters. The molecule has 4 amide bonds. The van der Waals surface area contributed by atoms with Gasteiger partial charge in [0.1, 0.15) is 0 Å². The first-order valence-corrected chi connectivity index (χ1v) is 12.9. The van der Waals surface area contributed by atoms with Crippen molar-refractivity contribution in [3.8, 4) is 0 Å². The number of esters is 1. The molecular formula is C28H30F6N4O4. The molecule has 0 bridgehead atoms. The summed E-state index contributed by atoms with van der Waals surface area (Å²) in [6.45, 7) is 7.82. The quantitative estimate of drug-likeness (QED) is 0.218. The minimum Gasteiger partial charge on any atom is -0.462 e. The van der Waals surface area contributed by atoms with Crippen molar-refractivity contribution in [3.05, 3.63) is 70.4 Å². The molecule has 1 aliphatic rings. The minimum absolute atomic E-state index is 0.0453.